The summed E-state index contributed by atoms with van der Waals surface area (Å²) < 4.78 is 46.5. The summed E-state index contributed by atoms with van der Waals surface area (Å²) in [6, 6.07) is 3.07. The highest BCUT2D eigenvalue weighted by Crippen LogP contribution is 2.17. The number of alkyl halides is 3. The lowest BCUT2D eigenvalue weighted by atomic mass is 10.2. The molecule has 0 atom stereocenters. The van der Waals surface area contributed by atoms with E-state index in [0.717, 1.165) is 0 Å². The van der Waals surface area contributed by atoms with Crippen molar-refractivity contribution in [3.63, 3.8) is 0 Å². The van der Waals surface area contributed by atoms with Gasteiger partial charge in [-0.05, 0) is 45.7 Å². The molecule has 0 fully saturated rings. The lowest BCUT2D eigenvalue weighted by molar-refractivity contribution is -0.154. The highest BCUT2D eigenvalue weighted by Gasteiger charge is 2.28. The summed E-state index contributed by atoms with van der Waals surface area (Å²) in [5.74, 6) is 0.440. The smallest absolute Gasteiger partial charge is 0.422 e. The van der Waals surface area contributed by atoms with Gasteiger partial charge in [0.2, 0.25) is 5.88 Å². The van der Waals surface area contributed by atoms with Crippen molar-refractivity contribution in [3.8, 4) is 5.88 Å². The van der Waals surface area contributed by atoms with E-state index in [4.69, 9.17) is 4.74 Å². The Bertz CT molecular complexity index is 691. The quantitative estimate of drug-likeness (QED) is 0.315. The van der Waals surface area contributed by atoms with Crippen LogP contribution in [0.15, 0.2) is 23.3 Å². The van der Waals surface area contributed by atoms with Crippen LogP contribution in [0.5, 0.6) is 5.88 Å². The van der Waals surface area contributed by atoms with Gasteiger partial charge >= 0.3 is 12.3 Å². The first-order valence-corrected chi connectivity index (χ1v) is 9.62. The third kappa shape index (κ3) is 12.7. The van der Waals surface area contributed by atoms with Crippen LogP contribution in [0, 0.1) is 0 Å². The van der Waals surface area contributed by atoms with Crippen LogP contribution in [0.2, 0.25) is 0 Å². The molecule has 1 heterocycles. The molecule has 11 heteroatoms. The van der Waals surface area contributed by atoms with Gasteiger partial charge in [0.1, 0.15) is 5.60 Å². The number of carbonyl (C=O) groups is 1. The molecule has 0 aliphatic carbocycles. The standard InChI is InChI=1S/C19H30F3N5O3/c1-5-23-16(25-8-6-9-26-17(28)30-18(2,3)4)27-12-14-7-10-24-15(11-14)29-13-19(20,21)22/h7,10-11H,5-6,8-9,12-13H2,1-4H3,(H,26,28)(H2,23,25,27). The molecule has 3 N–H and O–H groups in total. The van der Waals surface area contributed by atoms with Crippen LogP contribution in [0.4, 0.5) is 18.0 Å². The SMILES string of the molecule is CCNC(=NCc1ccnc(OCC(F)(F)F)c1)NCCCNC(=O)OC(C)(C)C. The molecule has 0 aliphatic heterocycles. The molecule has 1 rings (SSSR count). The maximum absolute atomic E-state index is 12.2. The number of alkyl carbamates (subject to hydrolysis) is 1. The zero-order valence-corrected chi connectivity index (χ0v) is 17.7. The summed E-state index contributed by atoms with van der Waals surface area (Å²) in [5.41, 5.74) is 0.114. The van der Waals surface area contributed by atoms with Gasteiger partial charge in [0.25, 0.3) is 0 Å². The predicted octanol–water partition coefficient (Wildman–Crippen LogP) is 2.99. The van der Waals surface area contributed by atoms with Crippen LogP contribution >= 0.6 is 0 Å². The largest absolute Gasteiger partial charge is 0.468 e. The van der Waals surface area contributed by atoms with E-state index in [1.165, 1.54) is 12.3 Å². The maximum atomic E-state index is 12.2. The van der Waals surface area contributed by atoms with Crippen LogP contribution < -0.4 is 20.7 Å². The molecule has 0 spiro atoms. The number of nitrogens with zero attached hydrogens (tertiary/aromatic N) is 2. The number of ether oxygens (including phenoxy) is 2. The van der Waals surface area contributed by atoms with Crippen molar-refractivity contribution in [2.75, 3.05) is 26.2 Å². The number of amides is 1. The average molecular weight is 433 g/mol. The van der Waals surface area contributed by atoms with Crippen LogP contribution in [0.3, 0.4) is 0 Å². The summed E-state index contributed by atoms with van der Waals surface area (Å²) in [5, 5.41) is 8.87. The normalized spacial score (nSPS) is 12.3. The van der Waals surface area contributed by atoms with Gasteiger partial charge in [0.05, 0.1) is 6.54 Å². The van der Waals surface area contributed by atoms with Gasteiger partial charge in [-0.15, -0.1) is 0 Å². The summed E-state index contributed by atoms with van der Waals surface area (Å²) in [6.07, 6.45) is -2.87. The second kappa shape index (κ2) is 12.1. The second-order valence-corrected chi connectivity index (χ2v) is 7.31. The van der Waals surface area contributed by atoms with Gasteiger partial charge in [0.15, 0.2) is 12.6 Å². The van der Waals surface area contributed by atoms with E-state index in [-0.39, 0.29) is 12.4 Å². The molecule has 0 unspecified atom stereocenters. The first kappa shape index (κ1) is 25.3. The average Bonchev–Trinajstić information content (AvgIpc) is 2.62. The van der Waals surface area contributed by atoms with Gasteiger partial charge in [-0.3, -0.25) is 0 Å². The first-order chi connectivity index (χ1) is 14.0. The number of hydrogen-bond donors (Lipinski definition) is 3. The Kier molecular flexibility index (Phi) is 10.2. The highest BCUT2D eigenvalue weighted by atomic mass is 19.4. The molecule has 0 bridgehead atoms. The Labute approximate surface area is 174 Å². The molecule has 1 aromatic heterocycles. The molecule has 8 nitrogen and oxygen atoms in total. The fraction of sp³-hybridized carbons (Fsp3) is 0.632. The number of guanidine groups is 1. The molecular formula is C19H30F3N5O3. The Balaban J connectivity index is 2.46. The molecule has 0 aromatic carbocycles. The van der Waals surface area contributed by atoms with Crippen molar-refractivity contribution < 1.29 is 27.4 Å². The van der Waals surface area contributed by atoms with Crippen LogP contribution in [-0.4, -0.2) is 55.1 Å². The van der Waals surface area contributed by atoms with E-state index < -0.39 is 24.5 Å². The minimum atomic E-state index is -4.42. The van der Waals surface area contributed by atoms with Crippen molar-refractivity contribution >= 4 is 12.1 Å². The summed E-state index contributed by atoms with van der Waals surface area (Å²) >= 11 is 0. The van der Waals surface area contributed by atoms with Gasteiger partial charge in [-0.1, -0.05) is 0 Å². The number of hydrogen-bond acceptors (Lipinski definition) is 5. The van der Waals surface area contributed by atoms with Crippen LogP contribution in [-0.2, 0) is 11.3 Å². The fourth-order valence-corrected chi connectivity index (χ4v) is 2.10. The number of nitrogens with one attached hydrogen (secondary N) is 3. The second-order valence-electron chi connectivity index (χ2n) is 7.31. The van der Waals surface area contributed by atoms with Crippen molar-refractivity contribution in [2.45, 2.75) is 52.4 Å². The number of pyridine rings is 1. The Morgan fingerprint density at radius 2 is 1.87 bits per heavy atom. The summed E-state index contributed by atoms with van der Waals surface area (Å²) in [7, 11) is 0. The molecular weight excluding hydrogens is 403 g/mol. The highest BCUT2D eigenvalue weighted by molar-refractivity contribution is 5.79. The number of rotatable bonds is 9. The third-order valence-electron chi connectivity index (χ3n) is 3.26. The Morgan fingerprint density at radius 3 is 2.50 bits per heavy atom. The first-order valence-electron chi connectivity index (χ1n) is 9.62. The van der Waals surface area contributed by atoms with Gasteiger partial charge in [-0.2, -0.15) is 13.2 Å². The molecule has 0 radical (unpaired) electrons. The van der Waals surface area contributed by atoms with Crippen LogP contribution in [0.1, 0.15) is 39.7 Å². The summed E-state index contributed by atoms with van der Waals surface area (Å²) in [6.45, 7) is 7.76. The van der Waals surface area contributed by atoms with Gasteiger partial charge < -0.3 is 25.4 Å². The van der Waals surface area contributed by atoms with E-state index >= 15 is 0 Å². The molecule has 0 aliphatic rings. The number of aromatic nitrogens is 1. The van der Waals surface area contributed by atoms with E-state index in [0.29, 0.717) is 37.6 Å². The minimum absolute atomic E-state index is 0.105. The predicted molar refractivity (Wildman–Crippen MR) is 107 cm³/mol. The number of halogens is 3. The van der Waals surface area contributed by atoms with Gasteiger partial charge in [-0.25, -0.2) is 14.8 Å². The molecule has 30 heavy (non-hydrogen) atoms. The van der Waals surface area contributed by atoms with Crippen molar-refractivity contribution in [1.29, 1.82) is 0 Å². The molecule has 0 saturated carbocycles. The minimum Gasteiger partial charge on any atom is -0.468 e. The van der Waals surface area contributed by atoms with E-state index in [1.807, 2.05) is 6.92 Å². The van der Waals surface area contributed by atoms with Crippen LogP contribution in [0.25, 0.3) is 0 Å². The van der Waals surface area contributed by atoms with Crippen molar-refractivity contribution in [3.05, 3.63) is 23.9 Å². The van der Waals surface area contributed by atoms with E-state index in [2.05, 4.69) is 30.7 Å². The monoisotopic (exact) mass is 433 g/mol. The molecule has 0 saturated heterocycles. The third-order valence-corrected chi connectivity index (χ3v) is 3.26. The maximum Gasteiger partial charge on any atom is 0.422 e. The molecule has 1 aromatic rings. The van der Waals surface area contributed by atoms with E-state index in [1.54, 1.807) is 26.8 Å². The number of aliphatic imine (C=N–C) groups is 1. The Hall–Kier alpha value is -2.72. The van der Waals surface area contributed by atoms with E-state index in [9.17, 15) is 18.0 Å². The number of carbonyl (C=O) groups excluding carboxylic acids is 1. The Morgan fingerprint density at radius 1 is 1.17 bits per heavy atom. The summed E-state index contributed by atoms with van der Waals surface area (Å²) in [4.78, 5) is 19.7. The van der Waals surface area contributed by atoms with Gasteiger partial charge in [0, 0.05) is 31.9 Å². The van der Waals surface area contributed by atoms with Crippen molar-refractivity contribution in [1.82, 2.24) is 20.9 Å². The lowest BCUT2D eigenvalue weighted by Crippen LogP contribution is -2.39. The zero-order valence-electron chi connectivity index (χ0n) is 17.7. The fourth-order valence-electron chi connectivity index (χ4n) is 2.10. The molecule has 170 valence electrons. The van der Waals surface area contributed by atoms with Crippen molar-refractivity contribution in [2.24, 2.45) is 4.99 Å². The molecule has 1 amide bonds. The topological polar surface area (TPSA) is 96.9 Å². The lowest BCUT2D eigenvalue weighted by Gasteiger charge is -2.19. The zero-order chi connectivity index (χ0) is 22.6.